The molecule has 2 aromatic carbocycles. The van der Waals surface area contributed by atoms with Gasteiger partial charge in [-0.15, -0.1) is 9.24 Å². The zero-order valence-corrected chi connectivity index (χ0v) is 7.98. The maximum Gasteiger partial charge on any atom is -0.0128 e. The summed E-state index contributed by atoms with van der Waals surface area (Å²) in [6, 6.07) is 15.0. The van der Waals surface area contributed by atoms with Crippen LogP contribution in [0.15, 0.2) is 42.5 Å². The Hall–Kier alpha value is -0.870. The summed E-state index contributed by atoms with van der Waals surface area (Å²) >= 11 is 0. The number of hydrogen-bond donors (Lipinski definition) is 0. The maximum atomic E-state index is 2.74. The first-order valence-corrected chi connectivity index (χ1v) is 4.89. The van der Waals surface area contributed by atoms with Gasteiger partial charge in [0.05, 0.1) is 0 Å². The maximum absolute atomic E-state index is 2.74. The van der Waals surface area contributed by atoms with Gasteiger partial charge < -0.3 is 0 Å². The molecule has 0 nitrogen and oxygen atoms in total. The second-order valence-electron chi connectivity index (χ2n) is 2.89. The van der Waals surface area contributed by atoms with E-state index in [0.29, 0.717) is 0 Å². The molecule has 0 aliphatic carbocycles. The topological polar surface area (TPSA) is 0 Å². The Morgan fingerprint density at radius 3 is 2.42 bits per heavy atom. The van der Waals surface area contributed by atoms with Crippen molar-refractivity contribution in [1.29, 1.82) is 0 Å². The first-order chi connectivity index (χ1) is 5.90. The van der Waals surface area contributed by atoms with Crippen LogP contribution in [0.2, 0.25) is 0 Å². The van der Waals surface area contributed by atoms with Gasteiger partial charge in [-0.1, -0.05) is 42.5 Å². The number of benzene rings is 2. The summed E-state index contributed by atoms with van der Waals surface area (Å²) in [6.45, 7) is 0. The summed E-state index contributed by atoms with van der Waals surface area (Å²) in [6.07, 6.45) is 1.03. The van der Waals surface area contributed by atoms with Gasteiger partial charge in [0.1, 0.15) is 0 Å². The minimum absolute atomic E-state index is 1.03. The van der Waals surface area contributed by atoms with Crippen LogP contribution in [-0.4, -0.2) is 0 Å². The zero-order valence-electron chi connectivity index (χ0n) is 6.83. The quantitative estimate of drug-likeness (QED) is 0.582. The van der Waals surface area contributed by atoms with Crippen LogP contribution in [-0.2, 0) is 6.16 Å². The van der Waals surface area contributed by atoms with Crippen molar-refractivity contribution in [3.05, 3.63) is 48.0 Å². The van der Waals surface area contributed by atoms with E-state index in [1.807, 2.05) is 0 Å². The van der Waals surface area contributed by atoms with E-state index in [2.05, 4.69) is 51.7 Å². The third kappa shape index (κ3) is 1.35. The van der Waals surface area contributed by atoms with Crippen LogP contribution in [0.25, 0.3) is 10.8 Å². The average molecular weight is 174 g/mol. The fourth-order valence-electron chi connectivity index (χ4n) is 1.37. The van der Waals surface area contributed by atoms with E-state index < -0.39 is 0 Å². The molecule has 2 rings (SSSR count). The molecule has 2 aromatic rings. The van der Waals surface area contributed by atoms with Crippen LogP contribution in [0.4, 0.5) is 0 Å². The molecule has 1 unspecified atom stereocenters. The van der Waals surface area contributed by atoms with Crippen molar-refractivity contribution in [2.45, 2.75) is 6.16 Å². The summed E-state index contributed by atoms with van der Waals surface area (Å²) in [5.41, 5.74) is 1.37. The fourth-order valence-corrected chi connectivity index (χ4v) is 1.62. The van der Waals surface area contributed by atoms with Crippen LogP contribution < -0.4 is 0 Å². The van der Waals surface area contributed by atoms with Gasteiger partial charge in [0.15, 0.2) is 0 Å². The van der Waals surface area contributed by atoms with Crippen molar-refractivity contribution in [3.63, 3.8) is 0 Å². The molecule has 60 valence electrons. The van der Waals surface area contributed by atoms with E-state index in [-0.39, 0.29) is 0 Å². The van der Waals surface area contributed by atoms with E-state index in [9.17, 15) is 0 Å². The molecular weight excluding hydrogens is 163 g/mol. The first kappa shape index (κ1) is 7.76. The summed E-state index contributed by atoms with van der Waals surface area (Å²) in [7, 11) is 2.74. The standard InChI is InChI=1S/C11H11P/c12-8-9-5-6-10-3-1-2-4-11(10)7-9/h1-7H,8,12H2. The Labute approximate surface area is 74.8 Å². The van der Waals surface area contributed by atoms with Crippen LogP contribution in [0.5, 0.6) is 0 Å². The third-order valence-corrected chi connectivity index (χ3v) is 2.52. The lowest BCUT2D eigenvalue weighted by molar-refractivity contribution is 1.45. The first-order valence-electron chi connectivity index (χ1n) is 4.08. The van der Waals surface area contributed by atoms with E-state index in [1.54, 1.807) is 0 Å². The van der Waals surface area contributed by atoms with Crippen molar-refractivity contribution in [1.82, 2.24) is 0 Å². The predicted molar refractivity (Wildman–Crippen MR) is 57.4 cm³/mol. The third-order valence-electron chi connectivity index (χ3n) is 2.05. The van der Waals surface area contributed by atoms with Gasteiger partial charge in [-0.05, 0) is 22.5 Å². The molecule has 12 heavy (non-hydrogen) atoms. The SMILES string of the molecule is PCc1ccc2ccccc2c1. The van der Waals surface area contributed by atoms with E-state index >= 15 is 0 Å². The molecule has 0 aromatic heterocycles. The molecule has 0 aliphatic rings. The van der Waals surface area contributed by atoms with E-state index in [1.165, 1.54) is 16.3 Å². The number of rotatable bonds is 1. The van der Waals surface area contributed by atoms with Gasteiger partial charge in [0, 0.05) is 0 Å². The predicted octanol–water partition coefficient (Wildman–Crippen LogP) is 3.21. The van der Waals surface area contributed by atoms with Gasteiger partial charge in [-0.25, -0.2) is 0 Å². The van der Waals surface area contributed by atoms with Crippen LogP contribution >= 0.6 is 9.24 Å². The lowest BCUT2D eigenvalue weighted by atomic mass is 10.1. The molecule has 1 atom stereocenters. The second-order valence-corrected chi connectivity index (χ2v) is 3.29. The zero-order chi connectivity index (χ0) is 8.39. The number of hydrogen-bond acceptors (Lipinski definition) is 0. The van der Waals surface area contributed by atoms with E-state index in [0.717, 1.165) is 6.16 Å². The summed E-state index contributed by atoms with van der Waals surface area (Å²) in [5, 5.41) is 2.65. The molecule has 0 heterocycles. The van der Waals surface area contributed by atoms with Crippen molar-refractivity contribution in [2.75, 3.05) is 0 Å². The molecule has 0 N–H and O–H groups in total. The van der Waals surface area contributed by atoms with Gasteiger partial charge in [0.2, 0.25) is 0 Å². The van der Waals surface area contributed by atoms with Crippen LogP contribution in [0, 0.1) is 0 Å². The normalized spacial score (nSPS) is 10.4. The summed E-state index contributed by atoms with van der Waals surface area (Å²) in [4.78, 5) is 0. The minimum Gasteiger partial charge on any atom is -0.133 e. The highest BCUT2D eigenvalue weighted by molar-refractivity contribution is 7.15. The van der Waals surface area contributed by atoms with Gasteiger partial charge in [-0.2, -0.15) is 0 Å². The second kappa shape index (κ2) is 3.25. The van der Waals surface area contributed by atoms with Crippen LogP contribution in [0.3, 0.4) is 0 Å². The molecule has 0 saturated carbocycles. The average Bonchev–Trinajstić information content (AvgIpc) is 2.17. The Balaban J connectivity index is 2.67. The highest BCUT2D eigenvalue weighted by atomic mass is 31.0. The molecule has 0 bridgehead atoms. The summed E-state index contributed by atoms with van der Waals surface area (Å²) in [5.74, 6) is 0. The molecule has 0 spiro atoms. The Morgan fingerprint density at radius 2 is 1.67 bits per heavy atom. The lowest BCUT2D eigenvalue weighted by Crippen LogP contribution is -1.77. The molecule has 0 fully saturated rings. The highest BCUT2D eigenvalue weighted by Gasteiger charge is 1.92. The van der Waals surface area contributed by atoms with Crippen molar-refractivity contribution < 1.29 is 0 Å². The number of fused-ring (bicyclic) bond motifs is 1. The summed E-state index contributed by atoms with van der Waals surface area (Å²) < 4.78 is 0. The monoisotopic (exact) mass is 174 g/mol. The molecule has 1 heteroatoms. The minimum atomic E-state index is 1.03. The van der Waals surface area contributed by atoms with Gasteiger partial charge in [-0.3, -0.25) is 0 Å². The van der Waals surface area contributed by atoms with Crippen molar-refractivity contribution in [2.24, 2.45) is 0 Å². The molecule has 0 aliphatic heterocycles. The van der Waals surface area contributed by atoms with Gasteiger partial charge in [0.25, 0.3) is 0 Å². The van der Waals surface area contributed by atoms with E-state index in [4.69, 9.17) is 0 Å². The Bertz CT molecular complexity index is 393. The largest absolute Gasteiger partial charge is 0.133 e. The lowest BCUT2D eigenvalue weighted by Gasteiger charge is -1.99. The molecular formula is C11H11P. The molecule has 0 radical (unpaired) electrons. The smallest absolute Gasteiger partial charge is 0.0128 e. The fraction of sp³-hybridized carbons (Fsp3) is 0.0909. The van der Waals surface area contributed by atoms with Crippen molar-refractivity contribution in [3.8, 4) is 0 Å². The highest BCUT2D eigenvalue weighted by Crippen LogP contribution is 2.16. The molecule has 0 saturated heterocycles. The van der Waals surface area contributed by atoms with Crippen molar-refractivity contribution >= 4 is 20.0 Å². The Morgan fingerprint density at radius 1 is 0.917 bits per heavy atom. The van der Waals surface area contributed by atoms with Crippen LogP contribution in [0.1, 0.15) is 5.56 Å². The molecule has 0 amide bonds. The Kier molecular flexibility index (Phi) is 2.10. The van der Waals surface area contributed by atoms with Gasteiger partial charge >= 0.3 is 0 Å².